The van der Waals surface area contributed by atoms with Crippen LogP contribution in [0.15, 0.2) is 12.1 Å². The van der Waals surface area contributed by atoms with E-state index in [0.29, 0.717) is 0 Å². The van der Waals surface area contributed by atoms with Crippen molar-refractivity contribution >= 4 is 19.5 Å². The number of aryl methyl sites for hydroxylation is 2. The molecule has 0 aromatic heterocycles. The Balaban J connectivity index is 0. The van der Waals surface area contributed by atoms with Crippen LogP contribution in [0.1, 0.15) is 77.3 Å². The van der Waals surface area contributed by atoms with E-state index in [-0.39, 0.29) is 52.2 Å². The average Bonchev–Trinajstić information content (AvgIpc) is 2.66. The van der Waals surface area contributed by atoms with E-state index in [1.165, 1.54) is 31.6 Å². The minimum atomic E-state index is -0.237. The van der Waals surface area contributed by atoms with Gasteiger partial charge in [-0.3, -0.25) is 4.79 Å². The summed E-state index contributed by atoms with van der Waals surface area (Å²) in [6.07, 6.45) is 9.10. The number of carbonyl (C=O) groups excluding carboxylic acids is 1. The largest absolute Gasteiger partial charge is 0.497 e. The van der Waals surface area contributed by atoms with Gasteiger partial charge in [-0.25, -0.2) is 0 Å². The number of nitrogens with one attached hydrogen (secondary N) is 1. The topological polar surface area (TPSA) is 38.3 Å². The quantitative estimate of drug-likeness (QED) is 0.257. The van der Waals surface area contributed by atoms with Gasteiger partial charge in [-0.15, -0.1) is 0 Å². The Morgan fingerprint density at radius 2 is 1.62 bits per heavy atom. The molecule has 0 heterocycles. The van der Waals surface area contributed by atoms with Crippen LogP contribution in [0.25, 0.3) is 0 Å². The number of anilines is 1. The predicted octanol–water partition coefficient (Wildman–Crippen LogP) is 7.34. The Hall–Kier alpha value is 0.0239. The Morgan fingerprint density at radius 3 is 2.03 bits per heavy atom. The summed E-state index contributed by atoms with van der Waals surface area (Å²) in [5.74, 6) is 1.06. The minimum Gasteiger partial charge on any atom is -0.497 e. The van der Waals surface area contributed by atoms with E-state index in [1.807, 2.05) is 32.9 Å². The molecule has 0 aliphatic heterocycles. The summed E-state index contributed by atoms with van der Waals surface area (Å²) in [6, 6.07) is 3.98. The van der Waals surface area contributed by atoms with E-state index in [2.05, 4.69) is 33.0 Å². The summed E-state index contributed by atoms with van der Waals surface area (Å²) in [5, 5.41) is 3.25. The van der Waals surface area contributed by atoms with E-state index in [9.17, 15) is 4.79 Å². The molecule has 0 aliphatic rings. The second kappa shape index (κ2) is 18.8. The van der Waals surface area contributed by atoms with Gasteiger partial charge in [0.2, 0.25) is 5.91 Å². The van der Waals surface area contributed by atoms with Crippen molar-refractivity contribution in [3.8, 4) is 5.75 Å². The molecule has 29 heavy (non-hydrogen) atoms. The van der Waals surface area contributed by atoms with Crippen LogP contribution in [0.4, 0.5) is 5.69 Å². The zero-order chi connectivity index (χ0) is 21.5. The van der Waals surface area contributed by atoms with Crippen LogP contribution < -0.4 is 10.1 Å². The number of benzene rings is 1. The van der Waals surface area contributed by atoms with Crippen LogP contribution in [0.3, 0.4) is 0 Å². The van der Waals surface area contributed by atoms with Crippen molar-refractivity contribution in [1.82, 2.24) is 0 Å². The SMILES string of the molecule is CCCCP(CCC)C(CCC)C(=O)Nc1c(C)cc(OC)cc1C.[CH2-]CC.[Y]. The Bertz CT molecular complexity index is 543. The van der Waals surface area contributed by atoms with Crippen LogP contribution >= 0.6 is 7.92 Å². The number of hydrogen-bond acceptors (Lipinski definition) is 2. The van der Waals surface area contributed by atoms with Crippen LogP contribution in [-0.2, 0) is 37.5 Å². The maximum absolute atomic E-state index is 13.1. The summed E-state index contributed by atoms with van der Waals surface area (Å²) in [7, 11) is 1.44. The van der Waals surface area contributed by atoms with Gasteiger partial charge in [0, 0.05) is 38.4 Å². The standard InChI is InChI=1S/C21H36NO2P.C3H7.Y/c1-7-10-13-25(12-9-3)19(11-8-2)21(23)22-20-16(4)14-18(24-6)15-17(20)5;1-3-2;/h14-15,19H,7-13H2,1-6H3,(H,22,23);1,3H2,2H3;/q;-1;. The van der Waals surface area contributed by atoms with E-state index in [0.717, 1.165) is 41.8 Å². The first-order chi connectivity index (χ1) is 13.4. The Kier molecular flexibility index (Phi) is 20.2. The first-order valence-corrected chi connectivity index (χ1v) is 12.7. The normalized spacial score (nSPS) is 12.1. The maximum atomic E-state index is 13.1. The zero-order valence-electron chi connectivity index (χ0n) is 19.9. The summed E-state index contributed by atoms with van der Waals surface area (Å²) in [5.41, 5.74) is 3.25. The van der Waals surface area contributed by atoms with Gasteiger partial charge in [-0.2, -0.15) is 6.42 Å². The molecule has 0 fully saturated rings. The fourth-order valence-corrected chi connectivity index (χ4v) is 6.43. The molecule has 1 N–H and O–H groups in total. The number of amides is 1. The third-order valence-electron chi connectivity index (χ3n) is 4.61. The molecule has 0 spiro atoms. The molecule has 2 atom stereocenters. The summed E-state index contributed by atoms with van der Waals surface area (Å²) >= 11 is 0. The zero-order valence-corrected chi connectivity index (χ0v) is 23.7. The van der Waals surface area contributed by atoms with Crippen molar-refractivity contribution in [3.05, 3.63) is 30.2 Å². The van der Waals surface area contributed by atoms with Crippen LogP contribution in [-0.4, -0.2) is 31.0 Å². The second-order valence-corrected chi connectivity index (χ2v) is 10.0. The number of rotatable bonds is 11. The van der Waals surface area contributed by atoms with Crippen LogP contribution in [0.2, 0.25) is 0 Å². The van der Waals surface area contributed by atoms with Crippen molar-refractivity contribution in [2.24, 2.45) is 0 Å². The van der Waals surface area contributed by atoms with Gasteiger partial charge in [0.25, 0.3) is 0 Å². The summed E-state index contributed by atoms with van der Waals surface area (Å²) < 4.78 is 5.33. The molecule has 1 amide bonds. The number of hydrogen-bond donors (Lipinski definition) is 1. The number of unbranched alkanes of at least 4 members (excludes halogenated alkanes) is 1. The number of ether oxygens (including phenoxy) is 1. The fraction of sp³-hybridized carbons (Fsp3) is 0.667. The summed E-state index contributed by atoms with van der Waals surface area (Å²) in [6.45, 7) is 16.2. The van der Waals surface area contributed by atoms with Crippen molar-refractivity contribution < 1.29 is 42.2 Å². The fourth-order valence-electron chi connectivity index (χ4n) is 3.27. The molecule has 0 bridgehead atoms. The summed E-state index contributed by atoms with van der Waals surface area (Å²) in [4.78, 5) is 13.1. The number of carbonyl (C=O) groups is 1. The molecule has 1 aromatic carbocycles. The third kappa shape index (κ3) is 11.8. The molecule has 5 heteroatoms. The molecule has 0 saturated carbocycles. The Labute approximate surface area is 207 Å². The second-order valence-electron chi connectivity index (χ2n) is 7.32. The molecule has 0 aliphatic carbocycles. The predicted molar refractivity (Wildman–Crippen MR) is 127 cm³/mol. The first-order valence-electron chi connectivity index (χ1n) is 10.9. The van der Waals surface area contributed by atoms with Crippen molar-refractivity contribution in [2.45, 2.75) is 85.7 Å². The molecule has 3 nitrogen and oxygen atoms in total. The van der Waals surface area contributed by atoms with Crippen molar-refractivity contribution in [2.75, 3.05) is 24.8 Å². The van der Waals surface area contributed by atoms with E-state index >= 15 is 0 Å². The van der Waals surface area contributed by atoms with Gasteiger partial charge in [-0.1, -0.05) is 54.9 Å². The van der Waals surface area contributed by atoms with Crippen LogP contribution in [0.5, 0.6) is 5.75 Å². The molecular formula is C24H43NO2PY-. The molecule has 2 unspecified atom stereocenters. The smallest absolute Gasteiger partial charge is 0.231 e. The maximum Gasteiger partial charge on any atom is 0.231 e. The van der Waals surface area contributed by atoms with Crippen molar-refractivity contribution in [1.29, 1.82) is 0 Å². The molecular weight excluding hydrogens is 454 g/mol. The van der Waals surface area contributed by atoms with Gasteiger partial charge in [0.05, 0.1) is 12.8 Å². The van der Waals surface area contributed by atoms with Gasteiger partial charge in [0.1, 0.15) is 5.75 Å². The monoisotopic (exact) mass is 497 g/mol. The van der Waals surface area contributed by atoms with Crippen molar-refractivity contribution in [3.63, 3.8) is 0 Å². The molecule has 1 rings (SSSR count). The molecule has 0 saturated heterocycles. The van der Waals surface area contributed by atoms with Gasteiger partial charge in [-0.05, 0) is 62.3 Å². The molecule has 1 radical (unpaired) electrons. The molecule has 165 valence electrons. The average molecular weight is 497 g/mol. The van der Waals surface area contributed by atoms with Crippen LogP contribution in [0, 0.1) is 20.8 Å². The van der Waals surface area contributed by atoms with E-state index in [1.54, 1.807) is 7.11 Å². The third-order valence-corrected chi connectivity index (χ3v) is 7.89. The first kappa shape index (κ1) is 31.2. The van der Waals surface area contributed by atoms with Gasteiger partial charge < -0.3 is 17.0 Å². The van der Waals surface area contributed by atoms with E-state index in [4.69, 9.17) is 4.74 Å². The van der Waals surface area contributed by atoms with Gasteiger partial charge >= 0.3 is 0 Å². The number of methoxy groups -OCH3 is 1. The Morgan fingerprint density at radius 1 is 1.07 bits per heavy atom. The molecule has 1 aromatic rings. The van der Waals surface area contributed by atoms with Gasteiger partial charge in [0.15, 0.2) is 0 Å². The minimum absolute atomic E-state index is 0. The van der Waals surface area contributed by atoms with E-state index < -0.39 is 0 Å².